The summed E-state index contributed by atoms with van der Waals surface area (Å²) in [6.07, 6.45) is 5.82. The van der Waals surface area contributed by atoms with Crippen molar-refractivity contribution in [3.8, 4) is 50.6 Å². The van der Waals surface area contributed by atoms with Crippen molar-refractivity contribution in [1.82, 2.24) is 29.7 Å². The molecule has 0 fully saturated rings. The van der Waals surface area contributed by atoms with Crippen LogP contribution in [0.15, 0.2) is 163 Å². The summed E-state index contributed by atoms with van der Waals surface area (Å²) in [7, 11) is 0. The number of hydrogen-bond donors (Lipinski definition) is 0. The first-order chi connectivity index (χ1) is 29.0. The van der Waals surface area contributed by atoms with E-state index in [9.17, 15) is 0 Å². The minimum Gasteiger partial charge on any atom is -0.476 e. The summed E-state index contributed by atoms with van der Waals surface area (Å²) in [5.74, 6) is 2.24. The second-order valence-electron chi connectivity index (χ2n) is 17.0. The van der Waals surface area contributed by atoms with Crippen LogP contribution in [0.5, 0.6) is 0 Å². The van der Waals surface area contributed by atoms with Crippen LogP contribution in [0.1, 0.15) is 53.2 Å². The van der Waals surface area contributed by atoms with E-state index < -0.39 is 0 Å². The van der Waals surface area contributed by atoms with Crippen LogP contribution in [0.2, 0.25) is 0 Å². The minimum atomic E-state index is -0.190. The molecule has 10 aromatic rings. The van der Waals surface area contributed by atoms with Crippen LogP contribution < -0.4 is 0 Å². The molecule has 6 aromatic carbocycles. The van der Waals surface area contributed by atoms with Gasteiger partial charge in [0.2, 0.25) is 0 Å². The smallest absolute Gasteiger partial charge is 0.163 e. The van der Waals surface area contributed by atoms with Gasteiger partial charge in [-0.05, 0) is 50.3 Å². The van der Waals surface area contributed by atoms with Crippen LogP contribution in [-0.2, 0) is 30.9 Å². The fourth-order valence-electron chi connectivity index (χ4n) is 7.02. The van der Waals surface area contributed by atoms with E-state index in [4.69, 9.17) is 19.4 Å². The molecular weight excluding hydrogens is 929 g/mol. The van der Waals surface area contributed by atoms with Gasteiger partial charge in [0.05, 0.1) is 11.8 Å². The van der Waals surface area contributed by atoms with Crippen LogP contribution in [0.25, 0.3) is 83.3 Å². The van der Waals surface area contributed by atoms with E-state index >= 15 is 0 Å². The molecule has 0 saturated carbocycles. The van der Waals surface area contributed by atoms with Crippen molar-refractivity contribution in [1.29, 1.82) is 0 Å². The van der Waals surface area contributed by atoms with Gasteiger partial charge in [-0.2, -0.15) is 29.4 Å². The third kappa shape index (κ3) is 8.83. The van der Waals surface area contributed by atoms with E-state index in [0.717, 1.165) is 78.0 Å². The number of aromatic nitrogens is 6. The molecule has 0 unspecified atom stereocenters. The SMILES string of the molecule is CC(C)(C)c1nc(-c2ccc3c(c2)oc2cc(-c4cc5ccccc5cn4)[c-]cc23)nc(C(C)(C)C)n1.[Ir].[c-]1ccccc1-n1cc(-c2ccc(-c3ccccc3)cc2)cn1. The largest absolute Gasteiger partial charge is 0.476 e. The normalized spacial score (nSPS) is 11.6. The molecule has 0 amide bonds. The van der Waals surface area contributed by atoms with Crippen molar-refractivity contribution in [3.63, 3.8) is 0 Å². The molecule has 4 heterocycles. The third-order valence-corrected chi connectivity index (χ3v) is 10.4. The molecule has 1 radical (unpaired) electrons. The molecule has 0 atom stereocenters. The molecule has 303 valence electrons. The molecule has 0 spiro atoms. The summed E-state index contributed by atoms with van der Waals surface area (Å²) in [4.78, 5) is 19.2. The van der Waals surface area contributed by atoms with Gasteiger partial charge in [0.1, 0.15) is 17.2 Å². The molecule has 10 rings (SSSR count). The number of rotatable bonds is 5. The maximum atomic E-state index is 6.34. The Bertz CT molecular complexity index is 3070. The predicted octanol–water partition coefficient (Wildman–Crippen LogP) is 13.1. The van der Waals surface area contributed by atoms with Gasteiger partial charge in [0.25, 0.3) is 0 Å². The Labute approximate surface area is 370 Å². The Hall–Kier alpha value is -6.60. The molecule has 0 aliphatic carbocycles. The van der Waals surface area contributed by atoms with E-state index in [-0.39, 0.29) is 30.9 Å². The van der Waals surface area contributed by atoms with Crippen molar-refractivity contribution in [3.05, 3.63) is 182 Å². The Morgan fingerprint density at radius 1 is 0.541 bits per heavy atom. The van der Waals surface area contributed by atoms with E-state index in [1.807, 2.05) is 83.9 Å². The Kier molecular flexibility index (Phi) is 11.3. The van der Waals surface area contributed by atoms with Crippen LogP contribution in [0.3, 0.4) is 0 Å². The van der Waals surface area contributed by atoms with E-state index in [1.165, 1.54) is 11.1 Å². The first kappa shape index (κ1) is 41.1. The zero-order chi connectivity index (χ0) is 41.4. The maximum Gasteiger partial charge on any atom is 0.163 e. The first-order valence-corrected chi connectivity index (χ1v) is 20.1. The fourth-order valence-corrected chi connectivity index (χ4v) is 7.02. The molecular formula is C53H44IrN6O-2. The van der Waals surface area contributed by atoms with Crippen molar-refractivity contribution in [2.75, 3.05) is 0 Å². The molecule has 0 N–H and O–H groups in total. The van der Waals surface area contributed by atoms with Gasteiger partial charge in [-0.3, -0.25) is 4.68 Å². The summed E-state index contributed by atoms with van der Waals surface area (Å²) in [6.45, 7) is 12.7. The molecule has 61 heavy (non-hydrogen) atoms. The summed E-state index contributed by atoms with van der Waals surface area (Å²) in [6, 6.07) is 53.9. The molecule has 7 nitrogen and oxygen atoms in total. The number of pyridine rings is 1. The second-order valence-corrected chi connectivity index (χ2v) is 17.0. The summed E-state index contributed by atoms with van der Waals surface area (Å²) in [5.41, 5.74) is 9.55. The number of benzene rings is 6. The summed E-state index contributed by atoms with van der Waals surface area (Å²) < 4.78 is 8.19. The number of para-hydroxylation sites is 1. The number of hydrogen-bond acceptors (Lipinski definition) is 6. The van der Waals surface area contributed by atoms with Crippen molar-refractivity contribution >= 4 is 32.7 Å². The first-order valence-electron chi connectivity index (χ1n) is 20.1. The summed E-state index contributed by atoms with van der Waals surface area (Å²) >= 11 is 0. The van der Waals surface area contributed by atoms with Crippen LogP contribution in [0, 0.1) is 12.1 Å². The average Bonchev–Trinajstić information content (AvgIpc) is 3.92. The standard InChI is InChI=1S/C32H29N4O.C21H15N2.Ir/c1-31(2,3)29-34-28(35-30(36-29)32(4,5)6)21-12-14-24-23-13-11-20(16-26(23)37-27(24)17-21)25-15-19-9-7-8-10-22(19)18-33-25;1-3-7-17(8-4-1)18-11-13-19(14-12-18)20-15-22-23(16-20)21-9-5-2-6-10-21;/h7-10,12-18H,1-6H3;1-9,11-16H;/q2*-1;. The Morgan fingerprint density at radius 3 is 1.85 bits per heavy atom. The molecule has 8 heteroatoms. The molecule has 0 aliphatic heterocycles. The van der Waals surface area contributed by atoms with Crippen LogP contribution in [0.4, 0.5) is 0 Å². The van der Waals surface area contributed by atoms with Crippen LogP contribution >= 0.6 is 0 Å². The second kappa shape index (κ2) is 16.8. The average molecular weight is 973 g/mol. The van der Waals surface area contributed by atoms with Gasteiger partial charge in [0.15, 0.2) is 5.82 Å². The quantitative estimate of drug-likeness (QED) is 0.160. The predicted molar refractivity (Wildman–Crippen MR) is 243 cm³/mol. The third-order valence-electron chi connectivity index (χ3n) is 10.4. The van der Waals surface area contributed by atoms with Gasteiger partial charge in [-0.15, -0.1) is 23.8 Å². The maximum absolute atomic E-state index is 6.34. The fraction of sp³-hybridized carbons (Fsp3) is 0.151. The number of nitrogens with zero attached hydrogens (tertiary/aromatic N) is 6. The number of furan rings is 1. The topological polar surface area (TPSA) is 82.5 Å². The summed E-state index contributed by atoms with van der Waals surface area (Å²) in [5, 5.41) is 8.75. The van der Waals surface area contributed by atoms with Crippen molar-refractivity contribution in [2.24, 2.45) is 0 Å². The van der Waals surface area contributed by atoms with Crippen molar-refractivity contribution < 1.29 is 24.5 Å². The molecule has 0 bridgehead atoms. The van der Waals surface area contributed by atoms with Gasteiger partial charge in [-0.1, -0.05) is 150 Å². The van der Waals surface area contributed by atoms with Gasteiger partial charge in [-0.25, -0.2) is 15.0 Å². The van der Waals surface area contributed by atoms with Gasteiger partial charge < -0.3 is 9.40 Å². The van der Waals surface area contributed by atoms with Gasteiger partial charge >= 0.3 is 0 Å². The van der Waals surface area contributed by atoms with Gasteiger partial charge in [0, 0.05) is 54.5 Å². The monoisotopic (exact) mass is 973 g/mol. The zero-order valence-electron chi connectivity index (χ0n) is 34.9. The molecule has 4 aromatic heterocycles. The minimum absolute atomic E-state index is 0. The zero-order valence-corrected chi connectivity index (χ0v) is 37.3. The number of fused-ring (bicyclic) bond motifs is 4. The van der Waals surface area contributed by atoms with E-state index in [0.29, 0.717) is 5.82 Å². The van der Waals surface area contributed by atoms with E-state index in [1.54, 1.807) is 0 Å². The molecule has 0 aliphatic rings. The molecule has 0 saturated heterocycles. The Balaban J connectivity index is 0.000000184. The van der Waals surface area contributed by atoms with Crippen molar-refractivity contribution in [2.45, 2.75) is 52.4 Å². The van der Waals surface area contributed by atoms with Crippen LogP contribution in [-0.4, -0.2) is 29.7 Å². The Morgan fingerprint density at radius 2 is 1.16 bits per heavy atom. The van der Waals surface area contributed by atoms with E-state index in [2.05, 4.69) is 143 Å².